The van der Waals surface area contributed by atoms with Gasteiger partial charge in [-0.1, -0.05) is 31.2 Å². The molecule has 0 bridgehead atoms. The highest BCUT2D eigenvalue weighted by atomic mass is 16.5. The normalized spacial score (nSPS) is 12.1. The van der Waals surface area contributed by atoms with Crippen molar-refractivity contribution < 1.29 is 4.74 Å². The molecule has 0 aliphatic heterocycles. The minimum atomic E-state index is -0.230. The van der Waals surface area contributed by atoms with E-state index in [1.54, 1.807) is 7.11 Å². The summed E-state index contributed by atoms with van der Waals surface area (Å²) in [6, 6.07) is 9.90. The zero-order valence-electron chi connectivity index (χ0n) is 9.16. The van der Waals surface area contributed by atoms with Crippen LogP contribution in [0.3, 0.4) is 0 Å². The van der Waals surface area contributed by atoms with Crippen LogP contribution in [0.15, 0.2) is 24.3 Å². The van der Waals surface area contributed by atoms with Crippen LogP contribution in [0, 0.1) is 11.3 Å². The van der Waals surface area contributed by atoms with E-state index in [-0.39, 0.29) is 6.04 Å². The van der Waals surface area contributed by atoms with E-state index in [1.807, 2.05) is 31.2 Å². The second kappa shape index (κ2) is 6.18. The number of ether oxygens (including phenoxy) is 1. The Balaban J connectivity index is 2.83. The van der Waals surface area contributed by atoms with Gasteiger partial charge in [0, 0.05) is 7.11 Å². The van der Waals surface area contributed by atoms with E-state index in [4.69, 9.17) is 10.00 Å². The number of nitrogens with one attached hydrogen (secondary N) is 1. The summed E-state index contributed by atoms with van der Waals surface area (Å²) in [5.74, 6) is 0. The SMILES string of the molecule is CCNC(C#N)c1cccc(COC)c1. The highest BCUT2D eigenvalue weighted by molar-refractivity contribution is 5.28. The standard InChI is InChI=1S/C12H16N2O/c1-3-14-12(8-13)11-6-4-5-10(7-11)9-15-2/h4-7,12,14H,3,9H2,1-2H3. The molecule has 1 aromatic rings. The average Bonchev–Trinajstić information content (AvgIpc) is 2.27. The Morgan fingerprint density at radius 3 is 2.93 bits per heavy atom. The molecule has 3 heteroatoms. The lowest BCUT2D eigenvalue weighted by Gasteiger charge is -2.11. The smallest absolute Gasteiger partial charge is 0.121 e. The predicted octanol–water partition coefficient (Wildman–Crippen LogP) is 2.01. The van der Waals surface area contributed by atoms with Crippen LogP contribution >= 0.6 is 0 Å². The molecule has 15 heavy (non-hydrogen) atoms. The zero-order valence-corrected chi connectivity index (χ0v) is 9.16. The van der Waals surface area contributed by atoms with Gasteiger partial charge in [-0.05, 0) is 17.7 Å². The molecule has 1 rings (SSSR count). The summed E-state index contributed by atoms with van der Waals surface area (Å²) in [6.45, 7) is 3.36. The molecule has 0 fully saturated rings. The minimum Gasteiger partial charge on any atom is -0.380 e. The van der Waals surface area contributed by atoms with E-state index >= 15 is 0 Å². The molecule has 1 N–H and O–H groups in total. The van der Waals surface area contributed by atoms with Gasteiger partial charge in [0.05, 0.1) is 12.7 Å². The molecule has 0 spiro atoms. The Hall–Kier alpha value is -1.37. The fourth-order valence-corrected chi connectivity index (χ4v) is 1.47. The van der Waals surface area contributed by atoms with Crippen LogP contribution in [0.25, 0.3) is 0 Å². The molecule has 0 saturated carbocycles. The first-order valence-electron chi connectivity index (χ1n) is 5.02. The molecule has 1 unspecified atom stereocenters. The van der Waals surface area contributed by atoms with Crippen molar-refractivity contribution in [1.82, 2.24) is 5.32 Å². The second-order valence-corrected chi connectivity index (χ2v) is 3.30. The maximum Gasteiger partial charge on any atom is 0.121 e. The van der Waals surface area contributed by atoms with Gasteiger partial charge in [0.2, 0.25) is 0 Å². The Kier molecular flexibility index (Phi) is 4.82. The predicted molar refractivity (Wildman–Crippen MR) is 59.2 cm³/mol. The first kappa shape index (κ1) is 11.7. The van der Waals surface area contributed by atoms with Crippen molar-refractivity contribution >= 4 is 0 Å². The number of hydrogen-bond donors (Lipinski definition) is 1. The quantitative estimate of drug-likeness (QED) is 0.798. The maximum atomic E-state index is 8.99. The van der Waals surface area contributed by atoms with Gasteiger partial charge in [-0.3, -0.25) is 5.32 Å². The van der Waals surface area contributed by atoms with Crippen molar-refractivity contribution in [3.8, 4) is 6.07 Å². The van der Waals surface area contributed by atoms with E-state index in [0.29, 0.717) is 6.61 Å². The van der Waals surface area contributed by atoms with Crippen LogP contribution in [-0.2, 0) is 11.3 Å². The molecule has 1 atom stereocenters. The van der Waals surface area contributed by atoms with Crippen LogP contribution in [0.5, 0.6) is 0 Å². The van der Waals surface area contributed by atoms with Crippen LogP contribution in [0.1, 0.15) is 24.1 Å². The topological polar surface area (TPSA) is 45.0 Å². The van der Waals surface area contributed by atoms with Gasteiger partial charge in [0.1, 0.15) is 6.04 Å². The number of methoxy groups -OCH3 is 1. The molecule has 80 valence electrons. The number of benzene rings is 1. The van der Waals surface area contributed by atoms with Gasteiger partial charge in [-0.15, -0.1) is 0 Å². The van der Waals surface area contributed by atoms with Crippen LogP contribution in [0.2, 0.25) is 0 Å². The zero-order chi connectivity index (χ0) is 11.1. The van der Waals surface area contributed by atoms with Gasteiger partial charge >= 0.3 is 0 Å². The first-order chi connectivity index (χ1) is 7.31. The highest BCUT2D eigenvalue weighted by Gasteiger charge is 2.08. The van der Waals surface area contributed by atoms with Crippen molar-refractivity contribution in [1.29, 1.82) is 5.26 Å². The lowest BCUT2D eigenvalue weighted by Crippen LogP contribution is -2.19. The molecule has 0 aliphatic carbocycles. The summed E-state index contributed by atoms with van der Waals surface area (Å²) < 4.78 is 5.05. The second-order valence-electron chi connectivity index (χ2n) is 3.30. The molecule has 0 heterocycles. The molecule has 1 aromatic carbocycles. The van der Waals surface area contributed by atoms with Gasteiger partial charge < -0.3 is 4.74 Å². The molecule has 0 aliphatic rings. The fraction of sp³-hybridized carbons (Fsp3) is 0.417. The number of rotatable bonds is 5. The number of hydrogen-bond acceptors (Lipinski definition) is 3. The summed E-state index contributed by atoms with van der Waals surface area (Å²) in [7, 11) is 1.67. The van der Waals surface area contributed by atoms with Crippen LogP contribution < -0.4 is 5.32 Å². The first-order valence-corrected chi connectivity index (χ1v) is 5.02. The molecular formula is C12H16N2O. The molecular weight excluding hydrogens is 188 g/mol. The minimum absolute atomic E-state index is 0.230. The van der Waals surface area contributed by atoms with Gasteiger partial charge in [0.15, 0.2) is 0 Å². The summed E-state index contributed by atoms with van der Waals surface area (Å²) >= 11 is 0. The van der Waals surface area contributed by atoms with Crippen molar-refractivity contribution in [2.75, 3.05) is 13.7 Å². The van der Waals surface area contributed by atoms with Gasteiger partial charge in [-0.2, -0.15) is 5.26 Å². The molecule has 0 radical (unpaired) electrons. The third-order valence-electron chi connectivity index (χ3n) is 2.13. The van der Waals surface area contributed by atoms with Crippen LogP contribution in [-0.4, -0.2) is 13.7 Å². The number of nitriles is 1. The number of nitrogens with zero attached hydrogens (tertiary/aromatic N) is 1. The van der Waals surface area contributed by atoms with Crippen LogP contribution in [0.4, 0.5) is 0 Å². The molecule has 0 saturated heterocycles. The average molecular weight is 204 g/mol. The third kappa shape index (κ3) is 3.35. The molecule has 0 amide bonds. The van der Waals surface area contributed by atoms with Gasteiger partial charge in [-0.25, -0.2) is 0 Å². The van der Waals surface area contributed by atoms with E-state index in [1.165, 1.54) is 0 Å². The van der Waals surface area contributed by atoms with Crippen molar-refractivity contribution in [3.63, 3.8) is 0 Å². The largest absolute Gasteiger partial charge is 0.380 e. The maximum absolute atomic E-state index is 8.99. The lowest BCUT2D eigenvalue weighted by atomic mass is 10.1. The Bertz CT molecular complexity index is 344. The summed E-state index contributed by atoms with van der Waals surface area (Å²) in [5.41, 5.74) is 2.09. The van der Waals surface area contributed by atoms with E-state index < -0.39 is 0 Å². The van der Waals surface area contributed by atoms with Gasteiger partial charge in [0.25, 0.3) is 0 Å². The Morgan fingerprint density at radius 2 is 2.33 bits per heavy atom. The Morgan fingerprint density at radius 1 is 1.53 bits per heavy atom. The molecule has 3 nitrogen and oxygen atoms in total. The van der Waals surface area contributed by atoms with E-state index in [9.17, 15) is 0 Å². The summed E-state index contributed by atoms with van der Waals surface area (Å²) in [6.07, 6.45) is 0. The van der Waals surface area contributed by atoms with Crippen molar-refractivity contribution in [2.45, 2.75) is 19.6 Å². The van der Waals surface area contributed by atoms with E-state index in [0.717, 1.165) is 17.7 Å². The summed E-state index contributed by atoms with van der Waals surface area (Å²) in [5, 5.41) is 12.1. The van der Waals surface area contributed by atoms with Crippen molar-refractivity contribution in [2.24, 2.45) is 0 Å². The highest BCUT2D eigenvalue weighted by Crippen LogP contribution is 2.14. The third-order valence-corrected chi connectivity index (χ3v) is 2.13. The molecule has 0 aromatic heterocycles. The Labute approximate surface area is 90.7 Å². The van der Waals surface area contributed by atoms with E-state index in [2.05, 4.69) is 11.4 Å². The summed E-state index contributed by atoms with van der Waals surface area (Å²) in [4.78, 5) is 0. The monoisotopic (exact) mass is 204 g/mol. The lowest BCUT2D eigenvalue weighted by molar-refractivity contribution is 0.185. The van der Waals surface area contributed by atoms with Crippen molar-refractivity contribution in [3.05, 3.63) is 35.4 Å². The fourth-order valence-electron chi connectivity index (χ4n) is 1.47.